The first-order valence-corrected chi connectivity index (χ1v) is 4.20. The van der Waals surface area contributed by atoms with Crippen molar-refractivity contribution in [2.75, 3.05) is 7.11 Å². The molecule has 0 saturated heterocycles. The SMILES string of the molecule is COC(=O)c1ncc(OC(C)C)cn1. The summed E-state index contributed by atoms with van der Waals surface area (Å²) in [6.45, 7) is 3.79. The van der Waals surface area contributed by atoms with Gasteiger partial charge in [-0.05, 0) is 13.8 Å². The van der Waals surface area contributed by atoms with Gasteiger partial charge in [0, 0.05) is 0 Å². The van der Waals surface area contributed by atoms with Gasteiger partial charge in [0.15, 0.2) is 5.75 Å². The molecule has 76 valence electrons. The molecule has 0 unspecified atom stereocenters. The highest BCUT2D eigenvalue weighted by molar-refractivity contribution is 5.84. The van der Waals surface area contributed by atoms with Crippen LogP contribution >= 0.6 is 0 Å². The van der Waals surface area contributed by atoms with Gasteiger partial charge < -0.3 is 9.47 Å². The molecule has 0 saturated carbocycles. The first kappa shape index (κ1) is 10.4. The maximum absolute atomic E-state index is 11.0. The van der Waals surface area contributed by atoms with E-state index in [0.29, 0.717) is 5.75 Å². The fourth-order valence-corrected chi connectivity index (χ4v) is 0.846. The standard InChI is InChI=1S/C9H12N2O3/c1-6(2)14-7-4-10-8(11-5-7)9(12)13-3/h4-6H,1-3H3. The maximum Gasteiger partial charge on any atom is 0.376 e. The highest BCUT2D eigenvalue weighted by atomic mass is 16.5. The van der Waals surface area contributed by atoms with E-state index < -0.39 is 5.97 Å². The third-order valence-corrected chi connectivity index (χ3v) is 1.37. The van der Waals surface area contributed by atoms with Crippen LogP contribution in [0.3, 0.4) is 0 Å². The average molecular weight is 196 g/mol. The van der Waals surface area contributed by atoms with Gasteiger partial charge in [0.25, 0.3) is 0 Å². The third kappa shape index (κ3) is 2.69. The molecule has 5 heteroatoms. The Morgan fingerprint density at radius 1 is 1.36 bits per heavy atom. The zero-order chi connectivity index (χ0) is 10.6. The van der Waals surface area contributed by atoms with E-state index >= 15 is 0 Å². The second kappa shape index (κ2) is 4.55. The molecule has 14 heavy (non-hydrogen) atoms. The summed E-state index contributed by atoms with van der Waals surface area (Å²) in [6.07, 6.45) is 2.95. The summed E-state index contributed by atoms with van der Waals surface area (Å²) in [4.78, 5) is 18.5. The molecular formula is C9H12N2O3. The molecule has 1 aromatic heterocycles. The lowest BCUT2D eigenvalue weighted by Gasteiger charge is -2.08. The van der Waals surface area contributed by atoms with Crippen LogP contribution in [0.15, 0.2) is 12.4 Å². The molecule has 1 aromatic rings. The average Bonchev–Trinajstić information content (AvgIpc) is 2.17. The van der Waals surface area contributed by atoms with E-state index in [1.807, 2.05) is 13.8 Å². The van der Waals surface area contributed by atoms with Crippen LogP contribution in [-0.2, 0) is 4.74 Å². The van der Waals surface area contributed by atoms with Gasteiger partial charge >= 0.3 is 5.97 Å². The number of ether oxygens (including phenoxy) is 2. The predicted octanol–water partition coefficient (Wildman–Crippen LogP) is 1.05. The first-order chi connectivity index (χ1) is 6.63. The molecule has 0 aliphatic heterocycles. The van der Waals surface area contributed by atoms with Crippen LogP contribution in [-0.4, -0.2) is 29.2 Å². The van der Waals surface area contributed by atoms with Crippen molar-refractivity contribution in [2.24, 2.45) is 0 Å². The van der Waals surface area contributed by atoms with E-state index in [0.717, 1.165) is 0 Å². The van der Waals surface area contributed by atoms with Crippen LogP contribution in [0, 0.1) is 0 Å². The minimum atomic E-state index is -0.555. The maximum atomic E-state index is 11.0. The van der Waals surface area contributed by atoms with Crippen LogP contribution in [0.1, 0.15) is 24.5 Å². The Morgan fingerprint density at radius 3 is 2.36 bits per heavy atom. The second-order valence-corrected chi connectivity index (χ2v) is 2.90. The van der Waals surface area contributed by atoms with Gasteiger partial charge in [0.2, 0.25) is 5.82 Å². The molecule has 0 fully saturated rings. The van der Waals surface area contributed by atoms with Crippen molar-refractivity contribution in [1.82, 2.24) is 9.97 Å². The topological polar surface area (TPSA) is 61.3 Å². The molecule has 0 spiro atoms. The van der Waals surface area contributed by atoms with E-state index in [-0.39, 0.29) is 11.9 Å². The number of carbonyl (C=O) groups is 1. The van der Waals surface area contributed by atoms with E-state index in [9.17, 15) is 4.79 Å². The van der Waals surface area contributed by atoms with Crippen molar-refractivity contribution >= 4 is 5.97 Å². The molecule has 0 amide bonds. The van der Waals surface area contributed by atoms with Crippen LogP contribution in [0.2, 0.25) is 0 Å². The summed E-state index contributed by atoms with van der Waals surface area (Å²) in [7, 11) is 1.28. The predicted molar refractivity (Wildman–Crippen MR) is 49.1 cm³/mol. The van der Waals surface area contributed by atoms with Gasteiger partial charge in [-0.1, -0.05) is 0 Å². The van der Waals surface area contributed by atoms with Crippen molar-refractivity contribution in [3.63, 3.8) is 0 Å². The Kier molecular flexibility index (Phi) is 3.39. The number of nitrogens with zero attached hydrogens (tertiary/aromatic N) is 2. The zero-order valence-electron chi connectivity index (χ0n) is 8.35. The molecular weight excluding hydrogens is 184 g/mol. The van der Waals surface area contributed by atoms with Gasteiger partial charge in [-0.25, -0.2) is 14.8 Å². The fraction of sp³-hybridized carbons (Fsp3) is 0.444. The van der Waals surface area contributed by atoms with Gasteiger partial charge in [0.05, 0.1) is 25.6 Å². The molecule has 0 aliphatic rings. The summed E-state index contributed by atoms with van der Waals surface area (Å²) in [6, 6.07) is 0. The van der Waals surface area contributed by atoms with Gasteiger partial charge in [-0.2, -0.15) is 0 Å². The fourth-order valence-electron chi connectivity index (χ4n) is 0.846. The highest BCUT2D eigenvalue weighted by Crippen LogP contribution is 2.08. The number of rotatable bonds is 3. The normalized spacial score (nSPS) is 10.0. The van der Waals surface area contributed by atoms with E-state index in [2.05, 4.69) is 14.7 Å². The molecule has 5 nitrogen and oxygen atoms in total. The number of esters is 1. The summed E-state index contributed by atoms with van der Waals surface area (Å²) in [5, 5.41) is 0. The molecule has 0 radical (unpaired) electrons. The van der Waals surface area contributed by atoms with Crippen molar-refractivity contribution in [2.45, 2.75) is 20.0 Å². The molecule has 0 aromatic carbocycles. The van der Waals surface area contributed by atoms with E-state index in [1.165, 1.54) is 19.5 Å². The Bertz CT molecular complexity index is 308. The lowest BCUT2D eigenvalue weighted by molar-refractivity contribution is 0.0586. The number of hydrogen-bond acceptors (Lipinski definition) is 5. The Balaban J connectivity index is 2.73. The Morgan fingerprint density at radius 2 is 1.93 bits per heavy atom. The van der Waals surface area contributed by atoms with Gasteiger partial charge in [0.1, 0.15) is 0 Å². The zero-order valence-corrected chi connectivity index (χ0v) is 8.35. The number of methoxy groups -OCH3 is 1. The van der Waals surface area contributed by atoms with Crippen LogP contribution in [0.4, 0.5) is 0 Å². The number of hydrogen-bond donors (Lipinski definition) is 0. The summed E-state index contributed by atoms with van der Waals surface area (Å²) < 4.78 is 9.76. The summed E-state index contributed by atoms with van der Waals surface area (Å²) in [5.74, 6) is 0.0114. The van der Waals surface area contributed by atoms with Crippen molar-refractivity contribution < 1.29 is 14.3 Å². The molecule has 0 aliphatic carbocycles. The van der Waals surface area contributed by atoms with Crippen LogP contribution < -0.4 is 4.74 Å². The van der Waals surface area contributed by atoms with Crippen molar-refractivity contribution in [3.8, 4) is 5.75 Å². The van der Waals surface area contributed by atoms with Crippen LogP contribution in [0.25, 0.3) is 0 Å². The minimum absolute atomic E-state index is 0.0311. The van der Waals surface area contributed by atoms with Gasteiger partial charge in [-0.15, -0.1) is 0 Å². The van der Waals surface area contributed by atoms with Crippen molar-refractivity contribution in [1.29, 1.82) is 0 Å². The quantitative estimate of drug-likeness (QED) is 0.676. The Labute approximate surface area is 82.1 Å². The number of aromatic nitrogens is 2. The smallest absolute Gasteiger partial charge is 0.376 e. The van der Waals surface area contributed by atoms with Crippen molar-refractivity contribution in [3.05, 3.63) is 18.2 Å². The summed E-state index contributed by atoms with van der Waals surface area (Å²) >= 11 is 0. The molecule has 0 bridgehead atoms. The molecule has 0 N–H and O–H groups in total. The molecule has 1 rings (SSSR count). The highest BCUT2D eigenvalue weighted by Gasteiger charge is 2.08. The molecule has 0 atom stereocenters. The van der Waals surface area contributed by atoms with Gasteiger partial charge in [-0.3, -0.25) is 0 Å². The summed E-state index contributed by atoms with van der Waals surface area (Å²) in [5.41, 5.74) is 0. The lowest BCUT2D eigenvalue weighted by Crippen LogP contribution is -2.09. The minimum Gasteiger partial charge on any atom is -0.488 e. The van der Waals surface area contributed by atoms with Crippen LogP contribution in [0.5, 0.6) is 5.75 Å². The Hall–Kier alpha value is -1.65. The van der Waals surface area contributed by atoms with E-state index in [1.54, 1.807) is 0 Å². The second-order valence-electron chi connectivity index (χ2n) is 2.90. The largest absolute Gasteiger partial charge is 0.488 e. The van der Waals surface area contributed by atoms with E-state index in [4.69, 9.17) is 4.74 Å². The lowest BCUT2D eigenvalue weighted by atomic mass is 10.4. The third-order valence-electron chi connectivity index (χ3n) is 1.37. The molecule has 1 heterocycles. The number of carbonyl (C=O) groups excluding carboxylic acids is 1. The first-order valence-electron chi connectivity index (χ1n) is 4.20. The monoisotopic (exact) mass is 196 g/mol.